The van der Waals surface area contributed by atoms with Gasteiger partial charge in [-0.15, -0.1) is 0 Å². The van der Waals surface area contributed by atoms with Gasteiger partial charge in [0.05, 0.1) is 0 Å². The minimum Gasteiger partial charge on any atom is -0.492 e. The number of ether oxygens (including phenoxy) is 1. The fourth-order valence-corrected chi connectivity index (χ4v) is 2.28. The molecule has 0 atom stereocenters. The molecular weight excluding hydrogens is 226 g/mol. The van der Waals surface area contributed by atoms with Crippen LogP contribution in [-0.2, 0) is 0 Å². The van der Waals surface area contributed by atoms with Crippen LogP contribution in [0.4, 0.5) is 0 Å². The number of ketones is 1. The van der Waals surface area contributed by atoms with Crippen molar-refractivity contribution < 1.29 is 9.53 Å². The van der Waals surface area contributed by atoms with Crippen LogP contribution in [0.25, 0.3) is 0 Å². The summed E-state index contributed by atoms with van der Waals surface area (Å²) in [5.74, 6) is 0.871. The number of hydrogen-bond donors (Lipinski definition) is 0. The van der Waals surface area contributed by atoms with Crippen LogP contribution >= 0.6 is 0 Å². The normalized spacial score (nSPS) is 16.5. The number of piperidine rings is 1. The van der Waals surface area contributed by atoms with E-state index in [9.17, 15) is 4.79 Å². The number of rotatable bonds is 5. The van der Waals surface area contributed by atoms with E-state index in [1.165, 1.54) is 32.4 Å². The van der Waals surface area contributed by atoms with Crippen LogP contribution in [0.15, 0.2) is 24.3 Å². The molecule has 1 aromatic carbocycles. The molecule has 18 heavy (non-hydrogen) atoms. The van der Waals surface area contributed by atoms with E-state index in [2.05, 4.69) is 4.90 Å². The maximum atomic E-state index is 11.3. The highest BCUT2D eigenvalue weighted by atomic mass is 16.5. The minimum atomic E-state index is 0.0801. The van der Waals surface area contributed by atoms with E-state index in [-0.39, 0.29) is 5.78 Å². The van der Waals surface area contributed by atoms with Gasteiger partial charge in [0.1, 0.15) is 12.4 Å². The Labute approximate surface area is 109 Å². The Morgan fingerprint density at radius 1 is 1.28 bits per heavy atom. The van der Waals surface area contributed by atoms with E-state index in [0.717, 1.165) is 12.3 Å². The molecule has 0 N–H and O–H groups in total. The highest BCUT2D eigenvalue weighted by Crippen LogP contribution is 2.14. The predicted octanol–water partition coefficient (Wildman–Crippen LogP) is 2.75. The molecule has 98 valence electrons. The van der Waals surface area contributed by atoms with Gasteiger partial charge in [-0.2, -0.15) is 0 Å². The van der Waals surface area contributed by atoms with E-state index in [4.69, 9.17) is 4.74 Å². The Morgan fingerprint density at radius 2 is 2.06 bits per heavy atom. The van der Waals surface area contributed by atoms with Crippen molar-refractivity contribution in [2.75, 3.05) is 26.2 Å². The second-order valence-electron chi connectivity index (χ2n) is 4.83. The number of hydrogen-bond acceptors (Lipinski definition) is 3. The van der Waals surface area contributed by atoms with Crippen molar-refractivity contribution in [3.63, 3.8) is 0 Å². The molecule has 1 saturated heterocycles. The highest BCUT2D eigenvalue weighted by Gasteiger charge is 2.09. The summed E-state index contributed by atoms with van der Waals surface area (Å²) < 4.78 is 5.71. The maximum absolute atomic E-state index is 11.3. The van der Waals surface area contributed by atoms with Gasteiger partial charge in [-0.05, 0) is 45.0 Å². The molecule has 0 aliphatic carbocycles. The molecule has 3 heteroatoms. The van der Waals surface area contributed by atoms with Gasteiger partial charge >= 0.3 is 0 Å². The van der Waals surface area contributed by atoms with Gasteiger partial charge in [-0.25, -0.2) is 0 Å². The number of likely N-dealkylation sites (tertiary alicyclic amines) is 1. The summed E-state index contributed by atoms with van der Waals surface area (Å²) in [6.07, 6.45) is 3.97. The van der Waals surface area contributed by atoms with Crippen LogP contribution in [0.1, 0.15) is 36.5 Å². The maximum Gasteiger partial charge on any atom is 0.159 e. The Hall–Kier alpha value is -1.35. The van der Waals surface area contributed by atoms with Gasteiger partial charge in [-0.3, -0.25) is 9.69 Å². The first-order valence-corrected chi connectivity index (χ1v) is 6.72. The molecule has 0 aromatic heterocycles. The number of carbonyl (C=O) groups excluding carboxylic acids is 1. The zero-order valence-electron chi connectivity index (χ0n) is 11.0. The Morgan fingerprint density at radius 3 is 2.78 bits per heavy atom. The minimum absolute atomic E-state index is 0.0801. The second-order valence-corrected chi connectivity index (χ2v) is 4.83. The van der Waals surface area contributed by atoms with Gasteiger partial charge in [0, 0.05) is 12.1 Å². The summed E-state index contributed by atoms with van der Waals surface area (Å²) in [5, 5.41) is 0. The summed E-state index contributed by atoms with van der Waals surface area (Å²) in [7, 11) is 0. The number of nitrogens with zero attached hydrogens (tertiary/aromatic N) is 1. The van der Waals surface area contributed by atoms with Crippen molar-refractivity contribution in [2.45, 2.75) is 26.2 Å². The third kappa shape index (κ3) is 3.84. The van der Waals surface area contributed by atoms with Gasteiger partial charge in [0.15, 0.2) is 5.78 Å². The molecule has 0 spiro atoms. The Bertz CT molecular complexity index is 397. The van der Waals surface area contributed by atoms with Crippen LogP contribution in [0, 0.1) is 0 Å². The Balaban J connectivity index is 1.78. The Kier molecular flexibility index (Phi) is 4.76. The lowest BCUT2D eigenvalue weighted by molar-refractivity contribution is 0.101. The molecule has 0 unspecified atom stereocenters. The van der Waals surface area contributed by atoms with Gasteiger partial charge < -0.3 is 4.74 Å². The molecule has 0 saturated carbocycles. The van der Waals surface area contributed by atoms with Crippen molar-refractivity contribution >= 4 is 5.78 Å². The molecule has 0 bridgehead atoms. The molecule has 1 fully saturated rings. The molecule has 1 aromatic rings. The summed E-state index contributed by atoms with van der Waals surface area (Å²) in [6, 6.07) is 7.41. The van der Waals surface area contributed by atoms with E-state index in [0.29, 0.717) is 12.2 Å². The van der Waals surface area contributed by atoms with Crippen molar-refractivity contribution in [2.24, 2.45) is 0 Å². The van der Waals surface area contributed by atoms with Crippen LogP contribution in [0.3, 0.4) is 0 Å². The average molecular weight is 247 g/mol. The first-order valence-electron chi connectivity index (χ1n) is 6.72. The lowest BCUT2D eigenvalue weighted by Crippen LogP contribution is -2.33. The monoisotopic (exact) mass is 247 g/mol. The molecular formula is C15H21NO2. The summed E-state index contributed by atoms with van der Waals surface area (Å²) in [6.45, 7) is 5.63. The van der Waals surface area contributed by atoms with E-state index < -0.39 is 0 Å². The zero-order chi connectivity index (χ0) is 12.8. The summed E-state index contributed by atoms with van der Waals surface area (Å²) in [5.41, 5.74) is 0.713. The molecule has 3 nitrogen and oxygen atoms in total. The summed E-state index contributed by atoms with van der Waals surface area (Å²) in [4.78, 5) is 13.7. The molecule has 2 rings (SSSR count). The third-order valence-corrected chi connectivity index (χ3v) is 3.37. The van der Waals surface area contributed by atoms with Gasteiger partial charge in [0.2, 0.25) is 0 Å². The fraction of sp³-hybridized carbons (Fsp3) is 0.533. The van der Waals surface area contributed by atoms with Crippen molar-refractivity contribution in [3.05, 3.63) is 29.8 Å². The molecule has 1 aliphatic heterocycles. The van der Waals surface area contributed by atoms with E-state index >= 15 is 0 Å². The lowest BCUT2D eigenvalue weighted by atomic mass is 10.1. The lowest BCUT2D eigenvalue weighted by Gasteiger charge is -2.26. The smallest absolute Gasteiger partial charge is 0.159 e. The first-order chi connectivity index (χ1) is 8.75. The van der Waals surface area contributed by atoms with E-state index in [1.54, 1.807) is 6.92 Å². The number of Topliss-reactive ketones (excluding diaryl/α,β-unsaturated/α-hetero) is 1. The fourth-order valence-electron chi connectivity index (χ4n) is 2.28. The summed E-state index contributed by atoms with van der Waals surface area (Å²) >= 11 is 0. The van der Waals surface area contributed by atoms with Gasteiger partial charge in [0.25, 0.3) is 0 Å². The molecule has 0 radical (unpaired) electrons. The number of carbonyl (C=O) groups is 1. The average Bonchev–Trinajstić information content (AvgIpc) is 2.40. The standard InChI is InChI=1S/C15H21NO2/c1-13(17)14-6-5-7-15(12-14)18-11-10-16-8-3-2-4-9-16/h5-7,12H,2-4,8-11H2,1H3. The largest absolute Gasteiger partial charge is 0.492 e. The van der Waals surface area contributed by atoms with Crippen LogP contribution < -0.4 is 4.74 Å². The van der Waals surface area contributed by atoms with Crippen LogP contribution in [0.2, 0.25) is 0 Å². The zero-order valence-corrected chi connectivity index (χ0v) is 11.0. The molecule has 1 heterocycles. The number of benzene rings is 1. The SMILES string of the molecule is CC(=O)c1cccc(OCCN2CCCCC2)c1. The van der Waals surface area contributed by atoms with Crippen molar-refractivity contribution in [3.8, 4) is 5.75 Å². The highest BCUT2D eigenvalue weighted by molar-refractivity contribution is 5.94. The molecule has 0 amide bonds. The van der Waals surface area contributed by atoms with Crippen molar-refractivity contribution in [1.29, 1.82) is 0 Å². The van der Waals surface area contributed by atoms with Crippen LogP contribution in [-0.4, -0.2) is 36.9 Å². The molecule has 1 aliphatic rings. The first kappa shape index (κ1) is 13.1. The topological polar surface area (TPSA) is 29.5 Å². The third-order valence-electron chi connectivity index (χ3n) is 3.37. The van der Waals surface area contributed by atoms with Crippen LogP contribution in [0.5, 0.6) is 5.75 Å². The van der Waals surface area contributed by atoms with Crippen molar-refractivity contribution in [1.82, 2.24) is 4.90 Å². The van der Waals surface area contributed by atoms with Gasteiger partial charge in [-0.1, -0.05) is 18.6 Å². The second kappa shape index (κ2) is 6.55. The quantitative estimate of drug-likeness (QED) is 0.749. The predicted molar refractivity (Wildman–Crippen MR) is 72.2 cm³/mol. The van der Waals surface area contributed by atoms with E-state index in [1.807, 2.05) is 24.3 Å².